The number of rotatable bonds is 7. The third kappa shape index (κ3) is 7.30. The van der Waals surface area contributed by atoms with Crippen molar-refractivity contribution in [1.82, 2.24) is 10.6 Å². The summed E-state index contributed by atoms with van der Waals surface area (Å²) in [5, 5.41) is 23.3. The van der Waals surface area contributed by atoms with Gasteiger partial charge in [0.15, 0.2) is 5.96 Å². The van der Waals surface area contributed by atoms with Gasteiger partial charge in [-0.3, -0.25) is 4.79 Å². The molecule has 1 aromatic heterocycles. The van der Waals surface area contributed by atoms with Crippen LogP contribution in [-0.4, -0.2) is 36.6 Å². The molecule has 0 aliphatic carbocycles. The number of nitrogens with one attached hydrogen (secondary N) is 3. The minimum Gasteiger partial charge on any atom is -0.384 e. The second-order valence-corrected chi connectivity index (χ2v) is 6.53. The van der Waals surface area contributed by atoms with Crippen LogP contribution in [0.3, 0.4) is 0 Å². The molecule has 4 N–H and O–H groups in total. The molecule has 1 unspecified atom stereocenters. The molecule has 1 amide bonds. The summed E-state index contributed by atoms with van der Waals surface area (Å²) in [6.07, 6.45) is 0. The number of aliphatic hydroxyl groups is 1. The maximum atomic E-state index is 12.0. The van der Waals surface area contributed by atoms with Crippen LogP contribution in [0.4, 0.5) is 5.69 Å². The van der Waals surface area contributed by atoms with Gasteiger partial charge in [0, 0.05) is 12.2 Å². The highest BCUT2D eigenvalue weighted by atomic mass is 127. The van der Waals surface area contributed by atoms with E-state index in [1.807, 2.05) is 54.1 Å². The smallest absolute Gasteiger partial charge is 0.246 e. The van der Waals surface area contributed by atoms with Crippen LogP contribution >= 0.6 is 35.3 Å². The van der Waals surface area contributed by atoms with Crippen LogP contribution in [0.1, 0.15) is 19.4 Å². The van der Waals surface area contributed by atoms with Crippen LogP contribution in [-0.2, 0) is 10.4 Å². The highest BCUT2D eigenvalue weighted by Crippen LogP contribution is 2.21. The summed E-state index contributed by atoms with van der Waals surface area (Å²) in [5.41, 5.74) is 0.575. The van der Waals surface area contributed by atoms with Gasteiger partial charge in [-0.1, -0.05) is 18.2 Å². The molecule has 2 aromatic rings. The molecule has 0 bridgehead atoms. The van der Waals surface area contributed by atoms with Crippen molar-refractivity contribution >= 4 is 52.9 Å². The number of halogens is 1. The van der Waals surface area contributed by atoms with Crippen LogP contribution in [0, 0.1) is 0 Å². The van der Waals surface area contributed by atoms with Gasteiger partial charge in [-0.15, -0.1) is 24.0 Å². The lowest BCUT2D eigenvalue weighted by Gasteiger charge is -2.24. The molecule has 26 heavy (non-hydrogen) atoms. The summed E-state index contributed by atoms with van der Waals surface area (Å²) >= 11 is 1.54. The number of carbonyl (C=O) groups excluding carboxylic acids is 1. The van der Waals surface area contributed by atoms with E-state index in [4.69, 9.17) is 0 Å². The van der Waals surface area contributed by atoms with Crippen molar-refractivity contribution in [3.8, 4) is 0 Å². The Morgan fingerprint density at radius 1 is 1.23 bits per heavy atom. The zero-order valence-electron chi connectivity index (χ0n) is 14.9. The molecule has 2 rings (SSSR count). The number of hydrogen-bond acceptors (Lipinski definition) is 4. The molecule has 6 nitrogen and oxygen atoms in total. The zero-order chi connectivity index (χ0) is 18.1. The molecule has 0 spiro atoms. The first-order valence-electron chi connectivity index (χ1n) is 8.13. The van der Waals surface area contributed by atoms with Gasteiger partial charge in [0.25, 0.3) is 0 Å². The molecule has 8 heteroatoms. The average Bonchev–Trinajstić information content (AvgIpc) is 3.14. The van der Waals surface area contributed by atoms with E-state index in [1.165, 1.54) is 11.3 Å². The van der Waals surface area contributed by atoms with Gasteiger partial charge in [0.1, 0.15) is 12.1 Å². The molecule has 0 fully saturated rings. The summed E-state index contributed by atoms with van der Waals surface area (Å²) in [5.74, 6) is 0.286. The summed E-state index contributed by atoms with van der Waals surface area (Å²) < 4.78 is 0. The first-order valence-corrected chi connectivity index (χ1v) is 9.07. The van der Waals surface area contributed by atoms with Crippen molar-refractivity contribution in [3.05, 3.63) is 52.7 Å². The number of anilines is 1. The first-order chi connectivity index (χ1) is 12.0. The van der Waals surface area contributed by atoms with Crippen molar-refractivity contribution < 1.29 is 9.90 Å². The SMILES string of the molecule is CCNC(=NCC(=O)Nc1ccccc1)NCC(C)(O)c1ccsc1.I. The molecule has 1 heterocycles. The summed E-state index contributed by atoms with van der Waals surface area (Å²) in [6.45, 7) is 4.62. The molecule has 0 saturated heterocycles. The summed E-state index contributed by atoms with van der Waals surface area (Å²) in [6, 6.07) is 11.1. The van der Waals surface area contributed by atoms with E-state index in [-0.39, 0.29) is 43.0 Å². The van der Waals surface area contributed by atoms with E-state index < -0.39 is 5.60 Å². The third-order valence-corrected chi connectivity index (χ3v) is 4.21. The molecule has 142 valence electrons. The zero-order valence-corrected chi connectivity index (χ0v) is 18.0. The lowest BCUT2D eigenvalue weighted by atomic mass is 9.99. The average molecular weight is 488 g/mol. The van der Waals surface area contributed by atoms with E-state index in [0.717, 1.165) is 11.3 Å². The predicted molar refractivity (Wildman–Crippen MR) is 118 cm³/mol. The normalized spacial score (nSPS) is 13.3. The van der Waals surface area contributed by atoms with Crippen LogP contribution in [0.5, 0.6) is 0 Å². The molecular formula is C18H25IN4O2S. The fourth-order valence-corrected chi connectivity index (χ4v) is 2.93. The lowest BCUT2D eigenvalue weighted by Crippen LogP contribution is -2.44. The highest BCUT2D eigenvalue weighted by molar-refractivity contribution is 14.0. The number of para-hydroxylation sites is 1. The molecule has 0 aliphatic rings. The molecule has 0 saturated carbocycles. The van der Waals surface area contributed by atoms with Crippen molar-refractivity contribution in [2.75, 3.05) is 25.0 Å². The largest absolute Gasteiger partial charge is 0.384 e. The van der Waals surface area contributed by atoms with Crippen molar-refractivity contribution in [3.63, 3.8) is 0 Å². The minimum atomic E-state index is -1.01. The number of amides is 1. The number of aliphatic imine (C=N–C) groups is 1. The van der Waals surface area contributed by atoms with Gasteiger partial charge < -0.3 is 21.1 Å². The monoisotopic (exact) mass is 488 g/mol. The lowest BCUT2D eigenvalue weighted by molar-refractivity contribution is -0.114. The number of benzene rings is 1. The number of guanidine groups is 1. The maximum Gasteiger partial charge on any atom is 0.246 e. The second-order valence-electron chi connectivity index (χ2n) is 5.75. The maximum absolute atomic E-state index is 12.0. The number of hydrogen-bond donors (Lipinski definition) is 4. The number of thiophene rings is 1. The molecule has 0 radical (unpaired) electrons. The van der Waals surface area contributed by atoms with E-state index in [1.54, 1.807) is 6.92 Å². The van der Waals surface area contributed by atoms with Crippen molar-refractivity contribution in [1.29, 1.82) is 0 Å². The topological polar surface area (TPSA) is 85.8 Å². The standard InChI is InChI=1S/C18H24N4O2S.HI/c1-3-19-17(21-13-18(2,24)14-9-10-25-12-14)20-11-16(23)22-15-7-5-4-6-8-15;/h4-10,12,24H,3,11,13H2,1-2H3,(H,22,23)(H2,19,20,21);1H. The fourth-order valence-electron chi connectivity index (χ4n) is 2.14. The Morgan fingerprint density at radius 3 is 2.58 bits per heavy atom. The van der Waals surface area contributed by atoms with Crippen LogP contribution < -0.4 is 16.0 Å². The van der Waals surface area contributed by atoms with Gasteiger partial charge in [-0.05, 0) is 48.4 Å². The van der Waals surface area contributed by atoms with E-state index in [2.05, 4.69) is 20.9 Å². The van der Waals surface area contributed by atoms with Crippen LogP contribution in [0.25, 0.3) is 0 Å². The first kappa shape index (κ1) is 22.4. The van der Waals surface area contributed by atoms with Crippen molar-refractivity contribution in [2.24, 2.45) is 4.99 Å². The Hall–Kier alpha value is -1.65. The fraction of sp³-hybridized carbons (Fsp3) is 0.333. The minimum absolute atomic E-state index is 0. The highest BCUT2D eigenvalue weighted by Gasteiger charge is 2.23. The Kier molecular flexibility index (Phi) is 9.60. The Morgan fingerprint density at radius 2 is 1.96 bits per heavy atom. The number of carbonyl (C=O) groups is 1. The Bertz CT molecular complexity index is 690. The van der Waals surface area contributed by atoms with Gasteiger partial charge in [-0.2, -0.15) is 11.3 Å². The van der Waals surface area contributed by atoms with E-state index >= 15 is 0 Å². The quantitative estimate of drug-likeness (QED) is 0.274. The Labute approximate surface area is 175 Å². The molecule has 1 aromatic carbocycles. The third-order valence-electron chi connectivity index (χ3n) is 3.53. The molecule has 1 atom stereocenters. The second kappa shape index (κ2) is 11.1. The van der Waals surface area contributed by atoms with Crippen LogP contribution in [0.15, 0.2) is 52.2 Å². The molecule has 0 aliphatic heterocycles. The Balaban J connectivity index is 0.00000338. The summed E-state index contributed by atoms with van der Waals surface area (Å²) in [7, 11) is 0. The van der Waals surface area contributed by atoms with Gasteiger partial charge >= 0.3 is 0 Å². The van der Waals surface area contributed by atoms with Crippen molar-refractivity contribution in [2.45, 2.75) is 19.4 Å². The van der Waals surface area contributed by atoms with E-state index in [0.29, 0.717) is 12.5 Å². The van der Waals surface area contributed by atoms with Gasteiger partial charge in [0.2, 0.25) is 5.91 Å². The van der Waals surface area contributed by atoms with Gasteiger partial charge in [0.05, 0.1) is 6.54 Å². The van der Waals surface area contributed by atoms with Gasteiger partial charge in [-0.25, -0.2) is 4.99 Å². The number of nitrogens with zero attached hydrogens (tertiary/aromatic N) is 1. The van der Waals surface area contributed by atoms with Crippen LogP contribution in [0.2, 0.25) is 0 Å². The summed E-state index contributed by atoms with van der Waals surface area (Å²) in [4.78, 5) is 16.3. The van der Waals surface area contributed by atoms with E-state index in [9.17, 15) is 9.90 Å². The predicted octanol–water partition coefficient (Wildman–Crippen LogP) is 2.77. The molecular weight excluding hydrogens is 463 g/mol.